The molecule has 0 atom stereocenters. The van der Waals surface area contributed by atoms with Crippen LogP contribution in [-0.2, 0) is 0 Å². The van der Waals surface area contributed by atoms with Gasteiger partial charge in [0.25, 0.3) is 0 Å². The normalized spacial score (nSPS) is 10.9. The number of hydrogen-bond acceptors (Lipinski definition) is 4. The van der Waals surface area contributed by atoms with Gasteiger partial charge in [-0.1, -0.05) is 6.07 Å². The molecule has 20 heavy (non-hydrogen) atoms. The first kappa shape index (κ1) is 12.3. The summed E-state index contributed by atoms with van der Waals surface area (Å²) in [6.45, 7) is 1.80. The topological polar surface area (TPSA) is 77.8 Å². The molecule has 0 spiro atoms. The maximum absolute atomic E-state index is 14.1. The third kappa shape index (κ3) is 1.93. The minimum absolute atomic E-state index is 0.219. The molecule has 100 valence electrons. The van der Waals surface area contributed by atoms with Crippen molar-refractivity contribution in [2.45, 2.75) is 6.92 Å². The number of nitrogens with two attached hydrogens (primary N) is 2. The molecule has 4 nitrogen and oxygen atoms in total. The van der Waals surface area contributed by atoms with Crippen molar-refractivity contribution in [2.75, 3.05) is 11.5 Å². The van der Waals surface area contributed by atoms with Gasteiger partial charge in [0.05, 0.1) is 5.52 Å². The van der Waals surface area contributed by atoms with E-state index in [4.69, 9.17) is 11.5 Å². The Hall–Kier alpha value is -2.69. The van der Waals surface area contributed by atoms with E-state index >= 15 is 0 Å². The summed E-state index contributed by atoms with van der Waals surface area (Å²) >= 11 is 0. The van der Waals surface area contributed by atoms with Crippen molar-refractivity contribution in [1.29, 1.82) is 0 Å². The summed E-state index contributed by atoms with van der Waals surface area (Å²) in [5.41, 5.74) is 14.7. The number of aromatic nitrogens is 2. The second-order valence-electron chi connectivity index (χ2n) is 4.64. The highest BCUT2D eigenvalue weighted by atomic mass is 19.1. The highest BCUT2D eigenvalue weighted by Gasteiger charge is 2.11. The number of rotatable bonds is 1. The Morgan fingerprint density at radius 2 is 1.90 bits per heavy atom. The van der Waals surface area contributed by atoms with Gasteiger partial charge in [-0.3, -0.25) is 0 Å². The van der Waals surface area contributed by atoms with Crippen LogP contribution >= 0.6 is 0 Å². The van der Waals surface area contributed by atoms with Crippen LogP contribution in [0.5, 0.6) is 0 Å². The average Bonchev–Trinajstić information content (AvgIpc) is 2.43. The van der Waals surface area contributed by atoms with Crippen molar-refractivity contribution in [2.24, 2.45) is 0 Å². The Morgan fingerprint density at radius 3 is 2.70 bits per heavy atom. The van der Waals surface area contributed by atoms with E-state index in [0.29, 0.717) is 11.3 Å². The molecule has 1 aromatic heterocycles. The first-order valence-electron chi connectivity index (χ1n) is 6.13. The highest BCUT2D eigenvalue weighted by molar-refractivity contribution is 5.86. The molecule has 4 N–H and O–H groups in total. The van der Waals surface area contributed by atoms with Crippen molar-refractivity contribution in [3.8, 4) is 11.1 Å². The van der Waals surface area contributed by atoms with Gasteiger partial charge in [0.1, 0.15) is 5.82 Å². The Morgan fingerprint density at radius 1 is 1.10 bits per heavy atom. The van der Waals surface area contributed by atoms with E-state index < -0.39 is 0 Å². The van der Waals surface area contributed by atoms with Crippen molar-refractivity contribution in [3.63, 3.8) is 0 Å². The zero-order valence-electron chi connectivity index (χ0n) is 10.9. The molecule has 0 saturated carbocycles. The molecule has 0 saturated heterocycles. The lowest BCUT2D eigenvalue weighted by Crippen LogP contribution is -1.97. The lowest BCUT2D eigenvalue weighted by molar-refractivity contribution is 0.630. The molecule has 0 bridgehead atoms. The summed E-state index contributed by atoms with van der Waals surface area (Å²) in [6, 6.07) is 8.38. The molecule has 5 heteroatoms. The Labute approximate surface area is 115 Å². The van der Waals surface area contributed by atoms with Crippen molar-refractivity contribution >= 4 is 22.5 Å². The number of hydrogen-bond donors (Lipinski definition) is 2. The van der Waals surface area contributed by atoms with Crippen LogP contribution in [0.1, 0.15) is 5.56 Å². The third-order valence-corrected chi connectivity index (χ3v) is 3.34. The summed E-state index contributed by atoms with van der Waals surface area (Å²) in [5.74, 6) is -0.0796. The average molecular weight is 268 g/mol. The molecular weight excluding hydrogens is 255 g/mol. The van der Waals surface area contributed by atoms with Gasteiger partial charge < -0.3 is 11.5 Å². The van der Waals surface area contributed by atoms with Crippen LogP contribution in [0.15, 0.2) is 36.5 Å². The monoisotopic (exact) mass is 268 g/mol. The maximum atomic E-state index is 14.1. The first-order valence-corrected chi connectivity index (χ1v) is 6.13. The Kier molecular flexibility index (Phi) is 2.75. The van der Waals surface area contributed by atoms with E-state index in [0.717, 1.165) is 22.0 Å². The summed E-state index contributed by atoms with van der Waals surface area (Å²) in [6.07, 6.45) is 1.63. The highest BCUT2D eigenvalue weighted by Crippen LogP contribution is 2.31. The molecule has 3 rings (SSSR count). The van der Waals surface area contributed by atoms with Gasteiger partial charge >= 0.3 is 0 Å². The smallest absolute Gasteiger partial charge is 0.220 e. The van der Waals surface area contributed by atoms with Gasteiger partial charge in [0.2, 0.25) is 5.95 Å². The number of halogens is 1. The number of fused-ring (bicyclic) bond motifs is 1. The number of benzene rings is 2. The predicted molar refractivity (Wildman–Crippen MR) is 78.5 cm³/mol. The minimum Gasteiger partial charge on any atom is -0.398 e. The molecule has 2 aromatic carbocycles. The Balaban J connectivity index is 2.25. The fourth-order valence-corrected chi connectivity index (χ4v) is 2.25. The van der Waals surface area contributed by atoms with E-state index in [1.54, 1.807) is 31.3 Å². The van der Waals surface area contributed by atoms with E-state index in [1.807, 2.05) is 6.07 Å². The number of nitrogens with zero attached hydrogens (tertiary/aromatic N) is 2. The van der Waals surface area contributed by atoms with Crippen LogP contribution in [0.25, 0.3) is 22.0 Å². The molecule has 0 fully saturated rings. The largest absolute Gasteiger partial charge is 0.398 e. The van der Waals surface area contributed by atoms with Gasteiger partial charge in [-0.15, -0.1) is 0 Å². The van der Waals surface area contributed by atoms with Crippen LogP contribution in [0.3, 0.4) is 0 Å². The lowest BCUT2D eigenvalue weighted by atomic mass is 9.97. The van der Waals surface area contributed by atoms with Gasteiger partial charge in [-0.05, 0) is 42.3 Å². The molecular formula is C15H13FN4. The van der Waals surface area contributed by atoms with E-state index in [9.17, 15) is 4.39 Å². The summed E-state index contributed by atoms with van der Waals surface area (Å²) in [5, 5.41) is 0.804. The molecule has 3 aromatic rings. The number of nitrogen functional groups attached to an aromatic ring is 2. The van der Waals surface area contributed by atoms with E-state index in [2.05, 4.69) is 9.97 Å². The lowest BCUT2D eigenvalue weighted by Gasteiger charge is -2.11. The second kappa shape index (κ2) is 4.45. The van der Waals surface area contributed by atoms with Crippen LogP contribution in [0.4, 0.5) is 16.0 Å². The van der Waals surface area contributed by atoms with Crippen molar-refractivity contribution in [1.82, 2.24) is 9.97 Å². The maximum Gasteiger partial charge on any atom is 0.220 e. The SMILES string of the molecule is Cc1c(N)ccc(F)c1-c1ccc2nc(N)ncc2c1. The molecule has 0 amide bonds. The number of anilines is 2. The van der Waals surface area contributed by atoms with Crippen LogP contribution in [-0.4, -0.2) is 9.97 Å². The van der Waals surface area contributed by atoms with Gasteiger partial charge in [-0.2, -0.15) is 0 Å². The Bertz CT molecular complexity index is 814. The van der Waals surface area contributed by atoms with Gasteiger partial charge in [0.15, 0.2) is 0 Å². The molecule has 0 unspecified atom stereocenters. The molecule has 1 heterocycles. The predicted octanol–water partition coefficient (Wildman–Crippen LogP) is 2.91. The van der Waals surface area contributed by atoms with Crippen molar-refractivity contribution in [3.05, 3.63) is 47.9 Å². The van der Waals surface area contributed by atoms with Crippen LogP contribution < -0.4 is 11.5 Å². The standard InChI is InChI=1S/C15H13FN4/c1-8-12(17)4-3-11(16)14(8)9-2-5-13-10(6-9)7-19-15(18)20-13/h2-7H,17H2,1H3,(H2,18,19,20). The summed E-state index contributed by atoms with van der Waals surface area (Å²) in [7, 11) is 0. The zero-order valence-corrected chi connectivity index (χ0v) is 10.9. The van der Waals surface area contributed by atoms with Crippen LogP contribution in [0, 0.1) is 12.7 Å². The molecule has 0 aliphatic carbocycles. The van der Waals surface area contributed by atoms with Crippen LogP contribution in [0.2, 0.25) is 0 Å². The molecule has 0 aliphatic rings. The molecule has 0 radical (unpaired) electrons. The quantitative estimate of drug-likeness (QED) is 0.665. The second-order valence-corrected chi connectivity index (χ2v) is 4.64. The van der Waals surface area contributed by atoms with Crippen molar-refractivity contribution < 1.29 is 4.39 Å². The fourth-order valence-electron chi connectivity index (χ4n) is 2.25. The van der Waals surface area contributed by atoms with E-state index in [-0.39, 0.29) is 11.8 Å². The summed E-state index contributed by atoms with van der Waals surface area (Å²) in [4.78, 5) is 8.07. The third-order valence-electron chi connectivity index (χ3n) is 3.34. The van der Waals surface area contributed by atoms with Gasteiger partial charge in [0, 0.05) is 22.8 Å². The molecule has 0 aliphatic heterocycles. The minimum atomic E-state index is -0.299. The van der Waals surface area contributed by atoms with Gasteiger partial charge in [-0.25, -0.2) is 14.4 Å². The fraction of sp³-hybridized carbons (Fsp3) is 0.0667. The summed E-state index contributed by atoms with van der Waals surface area (Å²) < 4.78 is 14.1. The van der Waals surface area contributed by atoms with E-state index in [1.165, 1.54) is 6.07 Å². The zero-order chi connectivity index (χ0) is 14.3. The first-order chi connectivity index (χ1) is 9.56.